The van der Waals surface area contributed by atoms with Crippen LogP contribution in [0.1, 0.15) is 51.4 Å². The zero-order valence-electron chi connectivity index (χ0n) is 15.0. The minimum absolute atomic E-state index is 0.132. The van der Waals surface area contributed by atoms with E-state index in [0.717, 1.165) is 30.0 Å². The molecule has 0 aliphatic carbocycles. The number of amides is 1. The third-order valence-electron chi connectivity index (χ3n) is 4.37. The van der Waals surface area contributed by atoms with Gasteiger partial charge in [-0.25, -0.2) is 4.98 Å². The normalized spacial score (nSPS) is 13.8. The maximum Gasteiger partial charge on any atom is 0.241 e. The van der Waals surface area contributed by atoms with Crippen molar-refractivity contribution in [2.45, 2.75) is 52.6 Å². The third kappa shape index (κ3) is 4.45. The van der Waals surface area contributed by atoms with Gasteiger partial charge in [0.25, 0.3) is 0 Å². The molecule has 24 heavy (non-hydrogen) atoms. The molecule has 0 radical (unpaired) electrons. The van der Waals surface area contributed by atoms with E-state index in [9.17, 15) is 4.79 Å². The van der Waals surface area contributed by atoms with Crippen LogP contribution >= 0.6 is 0 Å². The lowest BCUT2D eigenvalue weighted by Gasteiger charge is -2.18. The van der Waals surface area contributed by atoms with Crippen molar-refractivity contribution >= 4 is 11.6 Å². The van der Waals surface area contributed by atoms with Gasteiger partial charge in [0.15, 0.2) is 0 Å². The van der Waals surface area contributed by atoms with Gasteiger partial charge < -0.3 is 15.6 Å². The van der Waals surface area contributed by atoms with Gasteiger partial charge in [0.1, 0.15) is 5.82 Å². The van der Waals surface area contributed by atoms with Crippen LogP contribution in [0.25, 0.3) is 0 Å². The smallest absolute Gasteiger partial charge is 0.241 e. The Hall–Kier alpha value is -2.14. The van der Waals surface area contributed by atoms with Crippen molar-refractivity contribution in [3.8, 4) is 0 Å². The van der Waals surface area contributed by atoms with Crippen molar-refractivity contribution < 1.29 is 4.79 Å². The summed E-state index contributed by atoms with van der Waals surface area (Å²) in [7, 11) is 0. The molecule has 130 valence electrons. The molecule has 2 rings (SSSR count). The molecular weight excluding hydrogens is 300 g/mol. The van der Waals surface area contributed by atoms with Crippen molar-refractivity contribution in [2.75, 3.05) is 5.32 Å². The van der Waals surface area contributed by atoms with Crippen LogP contribution in [0.15, 0.2) is 36.7 Å². The van der Waals surface area contributed by atoms with Gasteiger partial charge in [-0.15, -0.1) is 0 Å². The van der Waals surface area contributed by atoms with Crippen LogP contribution in [-0.4, -0.2) is 21.5 Å². The molecule has 2 aromatic rings. The number of carbonyl (C=O) groups is 1. The number of nitrogens with one attached hydrogen (secondary N) is 1. The molecule has 1 heterocycles. The van der Waals surface area contributed by atoms with Crippen LogP contribution in [0.4, 0.5) is 5.69 Å². The first kappa shape index (κ1) is 18.2. The van der Waals surface area contributed by atoms with Crippen molar-refractivity contribution in [2.24, 2.45) is 11.7 Å². The fourth-order valence-corrected chi connectivity index (χ4v) is 2.64. The van der Waals surface area contributed by atoms with E-state index in [-0.39, 0.29) is 11.8 Å². The Labute approximate surface area is 144 Å². The van der Waals surface area contributed by atoms with Crippen molar-refractivity contribution in [3.05, 3.63) is 48.0 Å². The van der Waals surface area contributed by atoms with Crippen molar-refractivity contribution in [1.29, 1.82) is 0 Å². The average Bonchev–Trinajstić information content (AvgIpc) is 3.02. The Bertz CT molecular complexity index is 678. The largest absolute Gasteiger partial charge is 0.330 e. The van der Waals surface area contributed by atoms with Crippen LogP contribution in [0.5, 0.6) is 0 Å². The summed E-state index contributed by atoms with van der Waals surface area (Å²) in [5, 5.41) is 2.93. The lowest BCUT2D eigenvalue weighted by molar-refractivity contribution is -0.118. The zero-order valence-corrected chi connectivity index (χ0v) is 15.0. The summed E-state index contributed by atoms with van der Waals surface area (Å²) in [6.07, 6.45) is 4.69. The first-order valence-corrected chi connectivity index (χ1v) is 8.58. The van der Waals surface area contributed by atoms with Crippen LogP contribution in [-0.2, 0) is 11.3 Å². The monoisotopic (exact) mass is 328 g/mol. The van der Waals surface area contributed by atoms with E-state index in [0.29, 0.717) is 5.92 Å². The summed E-state index contributed by atoms with van der Waals surface area (Å²) >= 11 is 0. The second-order valence-corrected chi connectivity index (χ2v) is 6.67. The average molecular weight is 328 g/mol. The lowest BCUT2D eigenvalue weighted by Crippen LogP contribution is -2.40. The molecule has 0 aliphatic rings. The molecular formula is C19H28N4O. The van der Waals surface area contributed by atoms with Gasteiger partial charge in [-0.3, -0.25) is 4.79 Å². The summed E-state index contributed by atoms with van der Waals surface area (Å²) in [5.74, 6) is 1.46. The fraction of sp³-hybridized carbons (Fsp3) is 0.474. The quantitative estimate of drug-likeness (QED) is 0.818. The van der Waals surface area contributed by atoms with E-state index in [1.165, 1.54) is 0 Å². The Balaban J connectivity index is 2.09. The molecule has 0 fully saturated rings. The van der Waals surface area contributed by atoms with Gasteiger partial charge in [0, 0.05) is 30.5 Å². The number of benzene rings is 1. The molecule has 0 aliphatic heterocycles. The number of rotatable bonds is 7. The molecule has 0 spiro atoms. The summed E-state index contributed by atoms with van der Waals surface area (Å²) in [6, 6.07) is 7.40. The molecule has 0 bridgehead atoms. The van der Waals surface area contributed by atoms with E-state index >= 15 is 0 Å². The highest BCUT2D eigenvalue weighted by Gasteiger charge is 2.19. The SMILES string of the molecule is CCC(C)C(N)C(=O)Nc1cccc(Cn2ccnc2C(C)C)c1. The van der Waals surface area contributed by atoms with E-state index in [1.54, 1.807) is 0 Å². The molecule has 5 nitrogen and oxygen atoms in total. The summed E-state index contributed by atoms with van der Waals surface area (Å²) in [5.41, 5.74) is 7.89. The number of anilines is 1. The van der Waals surface area contributed by atoms with Gasteiger partial charge in [-0.2, -0.15) is 0 Å². The van der Waals surface area contributed by atoms with E-state index in [4.69, 9.17) is 5.73 Å². The van der Waals surface area contributed by atoms with E-state index in [1.807, 2.05) is 50.5 Å². The van der Waals surface area contributed by atoms with Crippen molar-refractivity contribution in [1.82, 2.24) is 9.55 Å². The summed E-state index contributed by atoms with van der Waals surface area (Å²) in [4.78, 5) is 16.6. The first-order valence-electron chi connectivity index (χ1n) is 8.58. The molecule has 3 N–H and O–H groups in total. The second kappa shape index (κ2) is 8.11. The van der Waals surface area contributed by atoms with Gasteiger partial charge in [-0.05, 0) is 23.6 Å². The van der Waals surface area contributed by atoms with Crippen molar-refractivity contribution in [3.63, 3.8) is 0 Å². The highest BCUT2D eigenvalue weighted by atomic mass is 16.2. The molecule has 2 unspecified atom stereocenters. The number of hydrogen-bond donors (Lipinski definition) is 2. The molecule has 2 atom stereocenters. The fourth-order valence-electron chi connectivity index (χ4n) is 2.64. The summed E-state index contributed by atoms with van der Waals surface area (Å²) in [6.45, 7) is 9.02. The molecule has 5 heteroatoms. The van der Waals surface area contributed by atoms with Crippen LogP contribution in [0.2, 0.25) is 0 Å². The van der Waals surface area contributed by atoms with Crippen LogP contribution < -0.4 is 11.1 Å². The number of aromatic nitrogens is 2. The van der Waals surface area contributed by atoms with E-state index < -0.39 is 6.04 Å². The topological polar surface area (TPSA) is 72.9 Å². The minimum atomic E-state index is -0.486. The van der Waals surface area contributed by atoms with Gasteiger partial charge in [-0.1, -0.05) is 46.2 Å². The maximum atomic E-state index is 12.2. The number of nitrogens with two attached hydrogens (primary N) is 1. The molecule has 1 amide bonds. The zero-order chi connectivity index (χ0) is 17.7. The Kier molecular flexibility index (Phi) is 6.15. The minimum Gasteiger partial charge on any atom is -0.330 e. The third-order valence-corrected chi connectivity index (χ3v) is 4.37. The first-order chi connectivity index (χ1) is 11.4. The highest BCUT2D eigenvalue weighted by Crippen LogP contribution is 2.17. The predicted octanol–water partition coefficient (Wildman–Crippen LogP) is 3.37. The van der Waals surface area contributed by atoms with Gasteiger partial charge in [0.05, 0.1) is 6.04 Å². The number of carbonyl (C=O) groups excluding carboxylic acids is 1. The van der Waals surface area contributed by atoms with Crippen LogP contribution in [0.3, 0.4) is 0 Å². The highest BCUT2D eigenvalue weighted by molar-refractivity contribution is 5.94. The van der Waals surface area contributed by atoms with Gasteiger partial charge in [0.2, 0.25) is 5.91 Å². The second-order valence-electron chi connectivity index (χ2n) is 6.67. The predicted molar refractivity (Wildman–Crippen MR) is 97.9 cm³/mol. The number of hydrogen-bond acceptors (Lipinski definition) is 3. The Morgan fingerprint density at radius 2 is 2.08 bits per heavy atom. The number of nitrogens with zero attached hydrogens (tertiary/aromatic N) is 2. The van der Waals surface area contributed by atoms with E-state index in [2.05, 4.69) is 28.7 Å². The lowest BCUT2D eigenvalue weighted by atomic mass is 9.99. The standard InChI is InChI=1S/C19H28N4O/c1-5-14(4)17(20)19(24)22-16-8-6-7-15(11-16)12-23-10-9-21-18(23)13(2)3/h6-11,13-14,17H,5,12,20H2,1-4H3,(H,22,24). The maximum absolute atomic E-state index is 12.2. The molecule has 0 saturated heterocycles. The Morgan fingerprint density at radius 3 is 2.75 bits per heavy atom. The van der Waals surface area contributed by atoms with Gasteiger partial charge >= 0.3 is 0 Å². The molecule has 0 saturated carbocycles. The number of imidazole rings is 1. The summed E-state index contributed by atoms with van der Waals surface area (Å²) < 4.78 is 2.14. The Morgan fingerprint density at radius 1 is 1.33 bits per heavy atom. The molecule has 1 aromatic carbocycles. The van der Waals surface area contributed by atoms with Crippen LogP contribution in [0, 0.1) is 5.92 Å². The molecule has 1 aromatic heterocycles.